The molecule has 0 unspecified atom stereocenters. The fourth-order valence-electron chi connectivity index (χ4n) is 7.44. The maximum Gasteiger partial charge on any atom is 0.161 e. The molecule has 0 aliphatic carbocycles. The summed E-state index contributed by atoms with van der Waals surface area (Å²) in [4.78, 5) is 11.5. The van der Waals surface area contributed by atoms with Crippen molar-refractivity contribution in [3.8, 4) is 67.2 Å². The van der Waals surface area contributed by atoms with Gasteiger partial charge in [-0.25, -0.2) is 9.97 Å². The zero-order valence-corrected chi connectivity index (χ0v) is 29.6. The summed E-state index contributed by atoms with van der Waals surface area (Å²) in [5, 5.41) is 4.78. The van der Waals surface area contributed by atoms with Crippen molar-refractivity contribution in [3.05, 3.63) is 194 Å². The smallest absolute Gasteiger partial charge is 0.161 e. The van der Waals surface area contributed by atoms with Gasteiger partial charge in [0.25, 0.3) is 0 Å². The molecule has 8 aromatic carbocycles. The second-order valence-electron chi connectivity index (χ2n) is 13.4. The Morgan fingerprint density at radius 1 is 0.321 bits per heavy atom. The molecule has 0 aliphatic rings. The number of thiophene rings is 1. The molecule has 0 saturated carbocycles. The van der Waals surface area contributed by atoms with Crippen molar-refractivity contribution in [1.29, 1.82) is 0 Å². The molecule has 53 heavy (non-hydrogen) atoms. The number of fused-ring (bicyclic) bond motifs is 5. The molecular formula is C50H32N2S. The van der Waals surface area contributed by atoms with Gasteiger partial charge in [-0.15, -0.1) is 11.3 Å². The Morgan fingerprint density at radius 2 is 0.792 bits per heavy atom. The van der Waals surface area contributed by atoms with Crippen LogP contribution in [0.3, 0.4) is 0 Å². The predicted octanol–water partition coefficient (Wildman–Crippen LogP) is 14.0. The van der Waals surface area contributed by atoms with E-state index < -0.39 is 0 Å². The summed E-state index contributed by atoms with van der Waals surface area (Å²) in [6.07, 6.45) is 0. The van der Waals surface area contributed by atoms with Gasteiger partial charge in [-0.3, -0.25) is 0 Å². The summed E-state index contributed by atoms with van der Waals surface area (Å²) in [5.41, 5.74) is 12.5. The maximum atomic E-state index is 5.32. The van der Waals surface area contributed by atoms with Crippen LogP contribution in [0.25, 0.3) is 98.2 Å². The minimum atomic E-state index is 0.740. The van der Waals surface area contributed by atoms with Crippen molar-refractivity contribution in [2.75, 3.05) is 0 Å². The van der Waals surface area contributed by atoms with E-state index in [4.69, 9.17) is 9.97 Å². The Balaban J connectivity index is 1.12. The largest absolute Gasteiger partial charge is 0.227 e. The van der Waals surface area contributed by atoms with Gasteiger partial charge < -0.3 is 0 Å². The van der Waals surface area contributed by atoms with Crippen LogP contribution in [0.2, 0.25) is 0 Å². The molecule has 0 amide bonds. The normalized spacial score (nSPS) is 11.4. The van der Waals surface area contributed by atoms with E-state index in [0.29, 0.717) is 0 Å². The summed E-state index contributed by atoms with van der Waals surface area (Å²) in [7, 11) is 0. The summed E-state index contributed by atoms with van der Waals surface area (Å²) in [6, 6.07) is 69.3. The standard InChI is InChI=1S/C50H32N2S/c1-4-14-33(15-5-1)41-30-42(34-16-6-2-7-17-34)32-43(31-41)39-23-12-21-37(28-39)38-22-13-24-40(29-38)47-46-45-27-26-35-18-10-11-25-44(35)48(45)53-50(46)52-49(51-47)36-19-8-3-9-20-36/h1-32H. The van der Waals surface area contributed by atoms with E-state index in [-0.39, 0.29) is 0 Å². The van der Waals surface area contributed by atoms with Crippen LogP contribution >= 0.6 is 11.3 Å². The van der Waals surface area contributed by atoms with Crippen LogP contribution in [-0.4, -0.2) is 9.97 Å². The number of hydrogen-bond donors (Lipinski definition) is 0. The average molecular weight is 693 g/mol. The zero-order chi connectivity index (χ0) is 35.1. The first kappa shape index (κ1) is 31.1. The molecule has 2 nitrogen and oxygen atoms in total. The number of aromatic nitrogens is 2. The van der Waals surface area contributed by atoms with E-state index in [9.17, 15) is 0 Å². The van der Waals surface area contributed by atoms with Crippen LogP contribution in [-0.2, 0) is 0 Å². The second kappa shape index (κ2) is 13.1. The SMILES string of the molecule is c1ccc(-c2cc(-c3ccccc3)cc(-c3cccc(-c4cccc(-c5nc(-c6ccccc6)nc6sc7c8ccccc8ccc7c56)c4)c3)c2)cc1. The third-order valence-corrected chi connectivity index (χ3v) is 11.2. The zero-order valence-electron chi connectivity index (χ0n) is 28.8. The van der Waals surface area contributed by atoms with Crippen molar-refractivity contribution >= 4 is 42.4 Å². The first-order valence-corrected chi connectivity index (χ1v) is 18.7. The molecule has 0 N–H and O–H groups in total. The number of benzene rings is 8. The Morgan fingerprint density at radius 3 is 1.43 bits per heavy atom. The highest BCUT2D eigenvalue weighted by molar-refractivity contribution is 7.26. The highest BCUT2D eigenvalue weighted by Gasteiger charge is 2.19. The van der Waals surface area contributed by atoms with Gasteiger partial charge >= 0.3 is 0 Å². The van der Waals surface area contributed by atoms with Gasteiger partial charge in [0.1, 0.15) is 4.83 Å². The number of hydrogen-bond acceptors (Lipinski definition) is 3. The Bertz CT molecular complexity index is 2870. The number of nitrogens with zero attached hydrogens (tertiary/aromatic N) is 2. The Kier molecular flexibility index (Phi) is 7.71. The molecule has 0 spiro atoms. The molecule has 2 heterocycles. The van der Waals surface area contributed by atoms with E-state index in [1.54, 1.807) is 11.3 Å². The Hall–Kier alpha value is -6.68. The average Bonchev–Trinajstić information content (AvgIpc) is 3.63. The molecule has 0 radical (unpaired) electrons. The highest BCUT2D eigenvalue weighted by atomic mass is 32.1. The third kappa shape index (κ3) is 5.78. The van der Waals surface area contributed by atoms with Crippen LogP contribution in [0.4, 0.5) is 0 Å². The first-order valence-electron chi connectivity index (χ1n) is 17.9. The van der Waals surface area contributed by atoms with Crippen LogP contribution in [0.5, 0.6) is 0 Å². The maximum absolute atomic E-state index is 5.32. The molecule has 0 saturated heterocycles. The summed E-state index contributed by atoms with van der Waals surface area (Å²) in [5.74, 6) is 0.740. The van der Waals surface area contributed by atoms with E-state index in [2.05, 4.69) is 176 Å². The minimum absolute atomic E-state index is 0.740. The van der Waals surface area contributed by atoms with E-state index in [1.165, 1.54) is 54.2 Å². The highest BCUT2D eigenvalue weighted by Crippen LogP contribution is 2.43. The van der Waals surface area contributed by atoms with E-state index >= 15 is 0 Å². The fraction of sp³-hybridized carbons (Fsp3) is 0. The van der Waals surface area contributed by atoms with Gasteiger partial charge in [0, 0.05) is 26.6 Å². The molecule has 0 fully saturated rings. The summed E-state index contributed by atoms with van der Waals surface area (Å²) >= 11 is 1.76. The lowest BCUT2D eigenvalue weighted by molar-refractivity contribution is 1.24. The quantitative estimate of drug-likeness (QED) is 0.173. The van der Waals surface area contributed by atoms with Crippen LogP contribution in [0, 0.1) is 0 Å². The molecule has 10 aromatic rings. The Labute approximate surface area is 312 Å². The third-order valence-electron chi connectivity index (χ3n) is 10.1. The number of rotatable bonds is 6. The van der Waals surface area contributed by atoms with Gasteiger partial charge in [0.15, 0.2) is 5.82 Å². The second-order valence-corrected chi connectivity index (χ2v) is 14.4. The van der Waals surface area contributed by atoms with Crippen molar-refractivity contribution < 1.29 is 0 Å². The van der Waals surface area contributed by atoms with E-state index in [1.807, 2.05) is 18.2 Å². The molecule has 3 heteroatoms. The van der Waals surface area contributed by atoms with Crippen LogP contribution in [0.1, 0.15) is 0 Å². The van der Waals surface area contributed by atoms with Crippen molar-refractivity contribution in [1.82, 2.24) is 9.97 Å². The summed E-state index contributed by atoms with van der Waals surface area (Å²) < 4.78 is 1.25. The lowest BCUT2D eigenvalue weighted by atomic mass is 9.92. The van der Waals surface area contributed by atoms with Crippen LogP contribution < -0.4 is 0 Å². The molecule has 0 bridgehead atoms. The van der Waals surface area contributed by atoms with Gasteiger partial charge in [-0.05, 0) is 85.6 Å². The monoisotopic (exact) mass is 692 g/mol. The topological polar surface area (TPSA) is 25.8 Å². The van der Waals surface area contributed by atoms with Gasteiger partial charge in [0.2, 0.25) is 0 Å². The lowest BCUT2D eigenvalue weighted by Gasteiger charge is -2.13. The van der Waals surface area contributed by atoms with Crippen LogP contribution in [0.15, 0.2) is 194 Å². The minimum Gasteiger partial charge on any atom is -0.227 e. The molecule has 0 atom stereocenters. The summed E-state index contributed by atoms with van der Waals surface area (Å²) in [6.45, 7) is 0. The molecular weight excluding hydrogens is 661 g/mol. The molecule has 248 valence electrons. The van der Waals surface area contributed by atoms with Gasteiger partial charge in [-0.2, -0.15) is 0 Å². The van der Waals surface area contributed by atoms with Gasteiger partial charge in [-0.1, -0.05) is 164 Å². The van der Waals surface area contributed by atoms with Crippen molar-refractivity contribution in [2.45, 2.75) is 0 Å². The van der Waals surface area contributed by atoms with Crippen molar-refractivity contribution in [2.24, 2.45) is 0 Å². The van der Waals surface area contributed by atoms with Crippen molar-refractivity contribution in [3.63, 3.8) is 0 Å². The molecule has 0 aliphatic heterocycles. The van der Waals surface area contributed by atoms with E-state index in [0.717, 1.165) is 44.0 Å². The fourth-order valence-corrected chi connectivity index (χ4v) is 8.65. The predicted molar refractivity (Wildman–Crippen MR) is 225 cm³/mol. The lowest BCUT2D eigenvalue weighted by Crippen LogP contribution is -1.94. The molecule has 2 aromatic heterocycles. The first-order chi connectivity index (χ1) is 26.2. The molecule has 10 rings (SSSR count). The van der Waals surface area contributed by atoms with Gasteiger partial charge in [0.05, 0.1) is 5.69 Å².